The number of rotatable bonds is 10. The minimum Gasteiger partial charge on any atom is -0.450 e. The van der Waals surface area contributed by atoms with Gasteiger partial charge in [0.05, 0.1) is 12.6 Å². The van der Waals surface area contributed by atoms with Crippen molar-refractivity contribution in [3.8, 4) is 0 Å². The maximum atomic E-state index is 12.8. The van der Waals surface area contributed by atoms with E-state index in [9.17, 15) is 9.59 Å². The molecule has 2 amide bonds. The zero-order chi connectivity index (χ0) is 25.2. The van der Waals surface area contributed by atoms with Crippen LogP contribution in [0.15, 0.2) is 48.5 Å². The van der Waals surface area contributed by atoms with Gasteiger partial charge < -0.3 is 14.5 Å². The first-order chi connectivity index (χ1) is 17.0. The minimum absolute atomic E-state index is 0.0281. The molecular formula is C28H40N4O3. The number of carbonyl (C=O) groups is 2. The molecule has 1 N–H and O–H groups in total. The molecule has 1 heterocycles. The Morgan fingerprint density at radius 1 is 0.943 bits per heavy atom. The van der Waals surface area contributed by atoms with E-state index in [0.717, 1.165) is 50.3 Å². The van der Waals surface area contributed by atoms with Gasteiger partial charge in [-0.15, -0.1) is 0 Å². The van der Waals surface area contributed by atoms with Gasteiger partial charge in [-0.1, -0.05) is 31.2 Å². The highest BCUT2D eigenvalue weighted by Crippen LogP contribution is 2.31. The van der Waals surface area contributed by atoms with Crippen molar-refractivity contribution < 1.29 is 14.3 Å². The van der Waals surface area contributed by atoms with Crippen molar-refractivity contribution >= 4 is 17.7 Å². The summed E-state index contributed by atoms with van der Waals surface area (Å²) in [6.07, 6.45) is 0.709. The number of anilines is 1. The Bertz CT molecular complexity index is 951. The Kier molecular flexibility index (Phi) is 10.1. The molecule has 0 radical (unpaired) electrons. The van der Waals surface area contributed by atoms with E-state index in [4.69, 9.17) is 4.74 Å². The highest BCUT2D eigenvalue weighted by Gasteiger charge is 2.27. The predicted molar refractivity (Wildman–Crippen MR) is 141 cm³/mol. The molecule has 1 unspecified atom stereocenters. The molecule has 0 saturated carbocycles. The summed E-state index contributed by atoms with van der Waals surface area (Å²) in [4.78, 5) is 31.6. The molecule has 0 spiro atoms. The third-order valence-corrected chi connectivity index (χ3v) is 6.56. The van der Waals surface area contributed by atoms with Crippen LogP contribution in [0.5, 0.6) is 0 Å². The summed E-state index contributed by atoms with van der Waals surface area (Å²) in [6.45, 7) is 14.8. The van der Waals surface area contributed by atoms with Crippen molar-refractivity contribution in [1.29, 1.82) is 0 Å². The summed E-state index contributed by atoms with van der Waals surface area (Å²) in [7, 11) is 0. The third-order valence-electron chi connectivity index (χ3n) is 6.56. The van der Waals surface area contributed by atoms with Gasteiger partial charge in [0.15, 0.2) is 0 Å². The number of piperazine rings is 1. The number of carbonyl (C=O) groups excluding carboxylic acids is 2. The number of hydrogen-bond donors (Lipinski definition) is 1. The van der Waals surface area contributed by atoms with Crippen LogP contribution in [-0.4, -0.2) is 79.1 Å². The largest absolute Gasteiger partial charge is 0.450 e. The Morgan fingerprint density at radius 3 is 2.23 bits per heavy atom. The zero-order valence-corrected chi connectivity index (χ0v) is 21.6. The molecule has 1 saturated heterocycles. The van der Waals surface area contributed by atoms with Crippen LogP contribution >= 0.6 is 0 Å². The van der Waals surface area contributed by atoms with Gasteiger partial charge in [-0.05, 0) is 69.1 Å². The lowest BCUT2D eigenvalue weighted by atomic mass is 9.95. The SMILES string of the molecule is CCCN1CCN(C(c2ccc(C(=O)N(CC)CC)cc2)c2cccc(NC(=O)OCC)c2)CC1. The maximum Gasteiger partial charge on any atom is 0.411 e. The van der Waals surface area contributed by atoms with Crippen molar-refractivity contribution in [3.63, 3.8) is 0 Å². The lowest BCUT2D eigenvalue weighted by molar-refractivity contribution is 0.0773. The summed E-state index contributed by atoms with van der Waals surface area (Å²) in [6, 6.07) is 16.0. The summed E-state index contributed by atoms with van der Waals surface area (Å²) < 4.78 is 5.05. The summed E-state index contributed by atoms with van der Waals surface area (Å²) in [5, 5.41) is 2.83. The molecule has 1 aliphatic heterocycles. The lowest BCUT2D eigenvalue weighted by Gasteiger charge is -2.40. The first kappa shape index (κ1) is 26.7. The Labute approximate surface area is 210 Å². The number of nitrogens with one attached hydrogen (secondary N) is 1. The van der Waals surface area contributed by atoms with Crippen LogP contribution in [0.1, 0.15) is 61.6 Å². The van der Waals surface area contributed by atoms with E-state index >= 15 is 0 Å². The molecule has 0 aromatic heterocycles. The molecule has 7 nitrogen and oxygen atoms in total. The van der Waals surface area contributed by atoms with Gasteiger partial charge in [-0.25, -0.2) is 4.79 Å². The van der Waals surface area contributed by atoms with Gasteiger partial charge in [-0.2, -0.15) is 0 Å². The maximum absolute atomic E-state index is 12.8. The molecule has 1 aliphatic rings. The number of hydrogen-bond acceptors (Lipinski definition) is 5. The van der Waals surface area contributed by atoms with Gasteiger partial charge in [0.25, 0.3) is 5.91 Å². The van der Waals surface area contributed by atoms with Crippen LogP contribution in [0.25, 0.3) is 0 Å². The summed E-state index contributed by atoms with van der Waals surface area (Å²) in [5.74, 6) is 0.0620. The van der Waals surface area contributed by atoms with Crippen molar-refractivity contribution in [2.45, 2.75) is 40.2 Å². The first-order valence-corrected chi connectivity index (χ1v) is 12.9. The van der Waals surface area contributed by atoms with Crippen LogP contribution in [0, 0.1) is 0 Å². The topological polar surface area (TPSA) is 65.1 Å². The zero-order valence-electron chi connectivity index (χ0n) is 21.6. The second-order valence-electron chi connectivity index (χ2n) is 8.85. The molecule has 3 rings (SSSR count). The second kappa shape index (κ2) is 13.3. The average Bonchev–Trinajstić information content (AvgIpc) is 2.87. The summed E-state index contributed by atoms with van der Waals surface area (Å²) in [5.41, 5.74) is 3.66. The van der Waals surface area contributed by atoms with Crippen LogP contribution in [0.2, 0.25) is 0 Å². The van der Waals surface area contributed by atoms with Gasteiger partial charge in [0.1, 0.15) is 0 Å². The van der Waals surface area contributed by atoms with E-state index in [1.165, 1.54) is 0 Å². The van der Waals surface area contributed by atoms with E-state index in [1.54, 1.807) is 6.92 Å². The molecule has 35 heavy (non-hydrogen) atoms. The van der Waals surface area contributed by atoms with Gasteiger partial charge in [0.2, 0.25) is 0 Å². The summed E-state index contributed by atoms with van der Waals surface area (Å²) >= 11 is 0. The normalized spacial score (nSPS) is 15.4. The molecule has 1 fully saturated rings. The number of nitrogens with zero attached hydrogens (tertiary/aromatic N) is 3. The number of ether oxygens (including phenoxy) is 1. The van der Waals surface area contributed by atoms with Crippen molar-refractivity contribution in [3.05, 3.63) is 65.2 Å². The predicted octanol–water partition coefficient (Wildman–Crippen LogP) is 4.85. The molecule has 2 aromatic rings. The molecular weight excluding hydrogens is 440 g/mol. The average molecular weight is 481 g/mol. The fraction of sp³-hybridized carbons (Fsp3) is 0.500. The fourth-order valence-electron chi connectivity index (χ4n) is 4.75. The van der Waals surface area contributed by atoms with Gasteiger partial charge >= 0.3 is 6.09 Å². The molecule has 7 heteroatoms. The van der Waals surface area contributed by atoms with Crippen molar-refractivity contribution in [1.82, 2.24) is 14.7 Å². The first-order valence-electron chi connectivity index (χ1n) is 12.9. The molecule has 0 aliphatic carbocycles. The van der Waals surface area contributed by atoms with E-state index in [2.05, 4.69) is 40.2 Å². The second-order valence-corrected chi connectivity index (χ2v) is 8.85. The molecule has 2 aromatic carbocycles. The van der Waals surface area contributed by atoms with Gasteiger partial charge in [-0.3, -0.25) is 15.0 Å². The monoisotopic (exact) mass is 480 g/mol. The van der Waals surface area contributed by atoms with E-state index in [1.807, 2.05) is 49.1 Å². The number of amides is 2. The molecule has 190 valence electrons. The standard InChI is InChI=1S/C28H40N4O3/c1-5-16-30-17-19-32(20-18-30)26(24-10-9-11-25(21-24)29-28(34)35-8-4)22-12-14-23(15-13-22)27(33)31(6-2)7-3/h9-15,21,26H,5-8,16-20H2,1-4H3,(H,29,34). The van der Waals surface area contributed by atoms with E-state index < -0.39 is 6.09 Å². The van der Waals surface area contributed by atoms with Crippen molar-refractivity contribution in [2.75, 3.05) is 57.7 Å². The van der Waals surface area contributed by atoms with Crippen molar-refractivity contribution in [2.24, 2.45) is 0 Å². The highest BCUT2D eigenvalue weighted by atomic mass is 16.5. The Balaban J connectivity index is 1.90. The Hall–Kier alpha value is -2.90. The lowest BCUT2D eigenvalue weighted by Crippen LogP contribution is -2.47. The minimum atomic E-state index is -0.450. The fourth-order valence-corrected chi connectivity index (χ4v) is 4.75. The van der Waals surface area contributed by atoms with Crippen LogP contribution in [0.4, 0.5) is 10.5 Å². The van der Waals surface area contributed by atoms with Gasteiger partial charge in [0, 0.05) is 50.5 Å². The van der Waals surface area contributed by atoms with Crippen LogP contribution < -0.4 is 5.32 Å². The quantitative estimate of drug-likeness (QED) is 0.526. The Morgan fingerprint density at radius 2 is 1.63 bits per heavy atom. The third kappa shape index (κ3) is 7.05. The number of benzene rings is 2. The molecule has 1 atom stereocenters. The van der Waals surface area contributed by atoms with Crippen LogP contribution in [-0.2, 0) is 4.74 Å². The van der Waals surface area contributed by atoms with Crippen LogP contribution in [0.3, 0.4) is 0 Å². The highest BCUT2D eigenvalue weighted by molar-refractivity contribution is 5.94. The smallest absolute Gasteiger partial charge is 0.411 e. The molecule has 0 bridgehead atoms. The van der Waals surface area contributed by atoms with E-state index in [0.29, 0.717) is 30.9 Å². The van der Waals surface area contributed by atoms with E-state index in [-0.39, 0.29) is 11.9 Å².